The van der Waals surface area contributed by atoms with E-state index in [2.05, 4.69) is 10.1 Å². The van der Waals surface area contributed by atoms with Crippen LogP contribution >= 0.6 is 23.4 Å². The van der Waals surface area contributed by atoms with Crippen LogP contribution in [-0.2, 0) is 4.79 Å². The molecule has 9 heteroatoms. The van der Waals surface area contributed by atoms with Crippen molar-refractivity contribution in [2.24, 2.45) is 10.1 Å². The normalized spacial score (nSPS) is 16.8. The van der Waals surface area contributed by atoms with Crippen molar-refractivity contribution in [1.29, 1.82) is 5.41 Å². The molecule has 0 atom stereocenters. The maximum absolute atomic E-state index is 13.8. The lowest BCUT2D eigenvalue weighted by atomic mass is 10.1. The molecular weight excluding hydrogens is 461 g/mol. The molecule has 6 nitrogen and oxygen atoms in total. The van der Waals surface area contributed by atoms with E-state index in [4.69, 9.17) is 17.0 Å². The number of thioether (sulfide) groups is 1. The molecule has 0 bridgehead atoms. The van der Waals surface area contributed by atoms with Gasteiger partial charge in [-0.05, 0) is 67.6 Å². The zero-order valence-corrected chi connectivity index (χ0v) is 19.2. The Morgan fingerprint density at radius 3 is 2.67 bits per heavy atom. The van der Waals surface area contributed by atoms with Crippen LogP contribution in [0.1, 0.15) is 22.5 Å². The highest BCUT2D eigenvalue weighted by Gasteiger charge is 2.36. The first-order valence-corrected chi connectivity index (χ1v) is 11.2. The van der Waals surface area contributed by atoms with Crippen LogP contribution in [0.15, 0.2) is 70.3 Å². The van der Waals surface area contributed by atoms with Crippen molar-refractivity contribution < 1.29 is 9.18 Å². The number of aliphatic imine (C=N–C) groups is 1. The summed E-state index contributed by atoms with van der Waals surface area (Å²) in [5, 5.41) is 15.9. The van der Waals surface area contributed by atoms with Crippen LogP contribution in [0.3, 0.4) is 0 Å². The molecule has 2 aliphatic heterocycles. The average molecular weight is 478 g/mol. The van der Waals surface area contributed by atoms with Gasteiger partial charge in [0.05, 0.1) is 10.6 Å². The van der Waals surface area contributed by atoms with Gasteiger partial charge in [-0.2, -0.15) is 15.1 Å². The number of aryl methyl sites for hydroxylation is 1. The summed E-state index contributed by atoms with van der Waals surface area (Å²) >= 11 is 7.49. The molecule has 3 aromatic rings. The van der Waals surface area contributed by atoms with Gasteiger partial charge in [-0.1, -0.05) is 35.9 Å². The van der Waals surface area contributed by atoms with E-state index in [1.807, 2.05) is 48.7 Å². The number of benzene rings is 2. The predicted octanol–water partition coefficient (Wildman–Crippen LogP) is 5.55. The largest absolute Gasteiger partial charge is 0.318 e. The van der Waals surface area contributed by atoms with Crippen LogP contribution in [0.25, 0.3) is 11.8 Å². The molecular formula is C24H17ClFN5OS. The molecule has 1 aromatic heterocycles. The lowest BCUT2D eigenvalue weighted by Crippen LogP contribution is -2.35. The van der Waals surface area contributed by atoms with E-state index >= 15 is 0 Å². The minimum Gasteiger partial charge on any atom is -0.318 e. The van der Waals surface area contributed by atoms with Crippen LogP contribution < -0.4 is 0 Å². The van der Waals surface area contributed by atoms with Crippen molar-refractivity contribution in [3.63, 3.8) is 0 Å². The smallest absolute Gasteiger partial charge is 0.283 e. The molecule has 1 amide bonds. The number of carbonyl (C=O) groups excluding carboxylic acids is 1. The lowest BCUT2D eigenvalue weighted by Gasteiger charge is -2.20. The topological polar surface area (TPSA) is 73.8 Å². The van der Waals surface area contributed by atoms with Crippen molar-refractivity contribution in [2.45, 2.75) is 13.8 Å². The number of nitrogens with one attached hydrogen (secondary N) is 1. The van der Waals surface area contributed by atoms with Gasteiger partial charge in [0.25, 0.3) is 5.91 Å². The minimum atomic E-state index is -0.509. The summed E-state index contributed by atoms with van der Waals surface area (Å²) in [7, 11) is 0. The molecule has 5 rings (SSSR count). The summed E-state index contributed by atoms with van der Waals surface area (Å²) in [4.78, 5) is 17.0. The molecule has 0 aliphatic carbocycles. The summed E-state index contributed by atoms with van der Waals surface area (Å²) < 4.78 is 15.7. The van der Waals surface area contributed by atoms with Gasteiger partial charge < -0.3 is 4.57 Å². The molecule has 1 N–H and O–H groups in total. The molecule has 164 valence electrons. The molecule has 3 heterocycles. The zero-order valence-electron chi connectivity index (χ0n) is 17.6. The first-order chi connectivity index (χ1) is 15.8. The number of carbonyl (C=O) groups is 1. The molecule has 0 saturated heterocycles. The van der Waals surface area contributed by atoms with E-state index in [1.54, 1.807) is 18.2 Å². The Morgan fingerprint density at radius 2 is 1.91 bits per heavy atom. The molecule has 0 radical (unpaired) electrons. The van der Waals surface area contributed by atoms with Crippen LogP contribution in [0.5, 0.6) is 0 Å². The maximum atomic E-state index is 13.8. The van der Waals surface area contributed by atoms with Crippen molar-refractivity contribution in [1.82, 2.24) is 9.58 Å². The Balaban J connectivity index is 1.53. The molecule has 0 spiro atoms. The van der Waals surface area contributed by atoms with Gasteiger partial charge in [0, 0.05) is 22.6 Å². The Kier molecular flexibility index (Phi) is 5.26. The van der Waals surface area contributed by atoms with E-state index in [1.165, 1.54) is 28.9 Å². The summed E-state index contributed by atoms with van der Waals surface area (Å²) in [6, 6.07) is 15.5. The van der Waals surface area contributed by atoms with Crippen LogP contribution in [0.2, 0.25) is 5.02 Å². The number of nitrogens with zero attached hydrogens (tertiary/aromatic N) is 4. The monoisotopic (exact) mass is 477 g/mol. The Hall–Kier alpha value is -3.49. The second kappa shape index (κ2) is 8.13. The van der Waals surface area contributed by atoms with Crippen molar-refractivity contribution in [2.75, 3.05) is 0 Å². The van der Waals surface area contributed by atoms with E-state index in [9.17, 15) is 9.18 Å². The van der Waals surface area contributed by atoms with E-state index in [0.717, 1.165) is 17.0 Å². The van der Waals surface area contributed by atoms with Gasteiger partial charge in [0.1, 0.15) is 10.9 Å². The molecule has 0 unspecified atom stereocenters. The van der Waals surface area contributed by atoms with Crippen molar-refractivity contribution in [3.05, 3.63) is 93.5 Å². The zero-order chi connectivity index (χ0) is 23.3. The maximum Gasteiger partial charge on any atom is 0.283 e. The van der Waals surface area contributed by atoms with Gasteiger partial charge >= 0.3 is 0 Å². The summed E-state index contributed by atoms with van der Waals surface area (Å²) in [6.45, 7) is 3.79. The quantitative estimate of drug-likeness (QED) is 0.502. The van der Waals surface area contributed by atoms with Crippen molar-refractivity contribution >= 4 is 51.4 Å². The summed E-state index contributed by atoms with van der Waals surface area (Å²) in [6.07, 6.45) is 1.64. The number of halogens is 2. The van der Waals surface area contributed by atoms with Crippen LogP contribution in [0, 0.1) is 25.1 Å². The standard InChI is InChI=1S/C24H17ClFN5OS/c1-13-10-15(14(2)30(13)17-7-5-6-16(26)12-17)11-19-21(27)31-24(28-22(19)32)33-23(29-31)18-8-3-4-9-20(18)25/h3-12,27H,1-2H3/b19-11-,27-21?. The number of rotatable bonds is 3. The fourth-order valence-corrected chi connectivity index (χ4v) is 5.05. The van der Waals surface area contributed by atoms with Gasteiger partial charge in [0.2, 0.25) is 5.17 Å². The molecule has 33 heavy (non-hydrogen) atoms. The van der Waals surface area contributed by atoms with Crippen LogP contribution in [-0.4, -0.2) is 31.5 Å². The number of aromatic nitrogens is 1. The third-order valence-electron chi connectivity index (χ3n) is 5.40. The fraction of sp³-hybridized carbons (Fsp3) is 0.0833. The van der Waals surface area contributed by atoms with Gasteiger partial charge in [0.15, 0.2) is 5.84 Å². The molecule has 0 saturated carbocycles. The first-order valence-electron chi connectivity index (χ1n) is 10.0. The molecule has 2 aromatic carbocycles. The van der Waals surface area contributed by atoms with E-state index in [0.29, 0.717) is 26.5 Å². The predicted molar refractivity (Wildman–Crippen MR) is 131 cm³/mol. The van der Waals surface area contributed by atoms with Crippen molar-refractivity contribution in [3.8, 4) is 5.69 Å². The number of amides is 1. The van der Waals surface area contributed by atoms with Gasteiger partial charge in [-0.15, -0.1) is 0 Å². The highest BCUT2D eigenvalue weighted by Crippen LogP contribution is 2.33. The third kappa shape index (κ3) is 3.71. The molecule has 2 aliphatic rings. The number of fused-ring (bicyclic) bond motifs is 1. The highest BCUT2D eigenvalue weighted by molar-refractivity contribution is 8.27. The Labute approximate surface area is 198 Å². The summed E-state index contributed by atoms with van der Waals surface area (Å²) in [5.41, 5.74) is 3.96. The highest BCUT2D eigenvalue weighted by atomic mass is 35.5. The molecule has 0 fully saturated rings. The van der Waals surface area contributed by atoms with Gasteiger partial charge in [-0.25, -0.2) is 4.39 Å². The second-order valence-electron chi connectivity index (χ2n) is 7.55. The number of hydrogen-bond acceptors (Lipinski definition) is 4. The van der Waals surface area contributed by atoms with Gasteiger partial charge in [-0.3, -0.25) is 10.2 Å². The van der Waals surface area contributed by atoms with Crippen LogP contribution in [0.4, 0.5) is 4.39 Å². The number of amidine groups is 2. The number of hydrazone groups is 1. The second-order valence-corrected chi connectivity index (χ2v) is 8.91. The average Bonchev–Trinajstić information content (AvgIpc) is 3.32. The first kappa shape index (κ1) is 21.4. The Bertz CT molecular complexity index is 1440. The Morgan fingerprint density at radius 1 is 1.12 bits per heavy atom. The van der Waals surface area contributed by atoms with E-state index in [-0.39, 0.29) is 17.2 Å². The number of hydrogen-bond donors (Lipinski definition) is 1. The SMILES string of the molecule is Cc1cc(/C=C2/C(=N)N3N=C(c4ccccc4Cl)SC3=NC2=O)c(C)n1-c1cccc(F)c1. The lowest BCUT2D eigenvalue weighted by molar-refractivity contribution is -0.114. The minimum absolute atomic E-state index is 0.0601. The summed E-state index contributed by atoms with van der Waals surface area (Å²) in [5.74, 6) is -0.898. The fourth-order valence-electron chi connectivity index (χ4n) is 3.84. The van der Waals surface area contributed by atoms with E-state index < -0.39 is 5.91 Å². The third-order valence-corrected chi connectivity index (χ3v) is 6.67.